The molecule has 464 valence electrons. The first-order chi connectivity index (χ1) is 38.1. The molecule has 12 atom stereocenters. The van der Waals surface area contributed by atoms with Crippen molar-refractivity contribution in [3.05, 3.63) is 0 Å². The first-order valence-electron chi connectivity index (χ1n) is 28.3. The van der Waals surface area contributed by atoms with Gasteiger partial charge in [-0.15, -0.1) is 0 Å². The average molecular weight is 1160 g/mol. The topological polar surface area (TPSA) is 491 Å². The molecule has 0 aromatic heterocycles. The molecule has 1 aliphatic heterocycles. The number of nitrogens with two attached hydrogens (primary N) is 5. The highest BCUT2D eigenvalue weighted by atomic mass is 16.3. The molecule has 0 aromatic rings. The van der Waals surface area contributed by atoms with Crippen LogP contribution in [0.2, 0.25) is 0 Å². The van der Waals surface area contributed by atoms with Gasteiger partial charge < -0.3 is 97.4 Å². The molecule has 7 unspecified atom stereocenters. The van der Waals surface area contributed by atoms with E-state index in [0.29, 0.717) is 12.3 Å². The molecule has 0 radical (unpaired) electrons. The Bertz CT molecular complexity index is 2050. The van der Waals surface area contributed by atoms with Crippen molar-refractivity contribution in [1.82, 2.24) is 58.5 Å². The van der Waals surface area contributed by atoms with Crippen LogP contribution in [0.25, 0.3) is 0 Å². The van der Waals surface area contributed by atoms with Crippen molar-refractivity contribution in [3.8, 4) is 0 Å². The van der Waals surface area contributed by atoms with Crippen LogP contribution in [0.5, 0.6) is 0 Å². The Morgan fingerprint density at radius 3 is 1.52 bits per heavy atom. The first kappa shape index (κ1) is 72.9. The van der Waals surface area contributed by atoms with Crippen LogP contribution in [-0.4, -0.2) is 188 Å². The highest BCUT2D eigenvalue weighted by Gasteiger charge is 2.37. The van der Waals surface area contributed by atoms with Gasteiger partial charge in [0.25, 0.3) is 0 Å². The van der Waals surface area contributed by atoms with Gasteiger partial charge in [-0.3, -0.25) is 52.7 Å². The minimum absolute atomic E-state index is 0.0128. The number of hydrogen-bond acceptors (Lipinski definition) is 18. The molecule has 0 bridgehead atoms. The zero-order valence-corrected chi connectivity index (χ0v) is 48.7. The molecule has 23 N–H and O–H groups in total. The Morgan fingerprint density at radius 2 is 1.04 bits per heavy atom. The molecule has 81 heavy (non-hydrogen) atoms. The van der Waals surface area contributed by atoms with Gasteiger partial charge in [0.15, 0.2) is 0 Å². The van der Waals surface area contributed by atoms with Crippen molar-refractivity contribution in [2.24, 2.45) is 52.3 Å². The van der Waals surface area contributed by atoms with Gasteiger partial charge in [-0.25, -0.2) is 0 Å². The molecule has 1 aliphatic rings. The maximum absolute atomic E-state index is 14.4. The average Bonchev–Trinajstić information content (AvgIpc) is 3.38. The molecule has 11 amide bonds. The van der Waals surface area contributed by atoms with Crippen molar-refractivity contribution in [2.45, 2.75) is 193 Å². The van der Waals surface area contributed by atoms with Crippen molar-refractivity contribution >= 4 is 65.0 Å². The molecule has 29 nitrogen and oxygen atoms in total. The van der Waals surface area contributed by atoms with Crippen LogP contribution in [-0.2, 0) is 52.7 Å². The van der Waals surface area contributed by atoms with Gasteiger partial charge in [-0.1, -0.05) is 54.4 Å². The number of hydrogen-bond donors (Lipinski definition) is 18. The second kappa shape index (κ2) is 38.6. The Kier molecular flexibility index (Phi) is 34.7. The third-order valence-corrected chi connectivity index (χ3v) is 13.4. The van der Waals surface area contributed by atoms with Crippen molar-refractivity contribution in [2.75, 3.05) is 45.8 Å². The summed E-state index contributed by atoms with van der Waals surface area (Å²) in [5, 5.41) is 49.6. The van der Waals surface area contributed by atoms with Crippen LogP contribution in [0.1, 0.15) is 126 Å². The maximum Gasteiger partial charge on any atom is 0.245 e. The molecule has 0 aliphatic carbocycles. The predicted molar refractivity (Wildman–Crippen MR) is 301 cm³/mol. The predicted octanol–water partition coefficient (Wildman–Crippen LogP) is -5.97. The van der Waals surface area contributed by atoms with Gasteiger partial charge in [0.2, 0.25) is 65.0 Å². The van der Waals surface area contributed by atoms with Crippen molar-refractivity contribution in [1.29, 1.82) is 0 Å². The van der Waals surface area contributed by atoms with Gasteiger partial charge in [0, 0.05) is 19.5 Å². The normalized spacial score (nSPS) is 23.4. The minimum atomic E-state index is -1.69. The fourth-order valence-corrected chi connectivity index (χ4v) is 8.62. The fourth-order valence-electron chi connectivity index (χ4n) is 8.62. The summed E-state index contributed by atoms with van der Waals surface area (Å²) in [6, 6.07) is -13.0. The zero-order valence-electron chi connectivity index (χ0n) is 48.7. The molecule has 29 heteroatoms. The lowest BCUT2D eigenvalue weighted by Gasteiger charge is -2.29. The van der Waals surface area contributed by atoms with E-state index in [1.165, 1.54) is 13.8 Å². The number of carbonyl (C=O) groups is 11. The van der Waals surface area contributed by atoms with Gasteiger partial charge in [0.1, 0.15) is 54.4 Å². The number of rotatable bonds is 27. The largest absolute Gasteiger partial charge is 0.391 e. The number of unbranched alkanes of at least 4 members (excludes halogenated alkanes) is 1. The van der Waals surface area contributed by atoms with Crippen LogP contribution < -0.4 is 87.2 Å². The molecule has 1 heterocycles. The smallest absolute Gasteiger partial charge is 0.245 e. The summed E-state index contributed by atoms with van der Waals surface area (Å²) in [7, 11) is 0. The maximum atomic E-state index is 14.4. The zero-order chi connectivity index (χ0) is 61.5. The van der Waals surface area contributed by atoms with Crippen molar-refractivity contribution < 1.29 is 63.0 Å². The Balaban J connectivity index is 3.80. The number of aliphatic hydroxyl groups excluding tert-OH is 2. The van der Waals surface area contributed by atoms with Crippen molar-refractivity contribution in [3.63, 3.8) is 0 Å². The Hall–Kier alpha value is -6.11. The lowest BCUT2D eigenvalue weighted by Crippen LogP contribution is -2.62. The second-order valence-electron chi connectivity index (χ2n) is 21.8. The third-order valence-electron chi connectivity index (χ3n) is 13.4. The molecule has 1 rings (SSSR count). The van der Waals surface area contributed by atoms with Gasteiger partial charge >= 0.3 is 0 Å². The number of aliphatic hydroxyl groups is 2. The van der Waals surface area contributed by atoms with E-state index in [1.54, 1.807) is 27.7 Å². The third kappa shape index (κ3) is 27.0. The molecular weight excluding hydrogens is 1060 g/mol. The van der Waals surface area contributed by atoms with E-state index in [-0.39, 0.29) is 90.1 Å². The van der Waals surface area contributed by atoms with E-state index in [0.717, 1.165) is 12.8 Å². The lowest BCUT2D eigenvalue weighted by molar-refractivity contribution is -0.137. The summed E-state index contributed by atoms with van der Waals surface area (Å²) in [6.45, 7) is 12.3. The van der Waals surface area contributed by atoms with E-state index in [1.807, 2.05) is 0 Å². The highest BCUT2D eigenvalue weighted by Crippen LogP contribution is 2.14. The summed E-state index contributed by atoms with van der Waals surface area (Å²) >= 11 is 0. The van der Waals surface area contributed by atoms with E-state index >= 15 is 0 Å². The number of carbonyl (C=O) groups excluding carboxylic acids is 11. The summed E-state index contributed by atoms with van der Waals surface area (Å²) < 4.78 is 0. The van der Waals surface area contributed by atoms with Crippen LogP contribution in [0.15, 0.2) is 0 Å². The fraction of sp³-hybridized carbons (Fsp3) is 0.788. The molecule has 1 saturated heterocycles. The van der Waals surface area contributed by atoms with Gasteiger partial charge in [0.05, 0.1) is 18.1 Å². The molecule has 0 saturated carbocycles. The SMILES string of the molecule is CC(C)CCCCC(=O)N[C@H](CCN)C(=O)N[C@H](C(=O)NC(CCN)C(=O)NC1CCNC(=O)[C@H](C(C)O)NC(=O)C(CCN)NC(=O)C(CCN)NC(=O)[C@H](C(C)C)CNC(=O)C(CC(C)C)NC(=O)C(CCN)NC1=O)[C@@H](C)O. The van der Waals surface area contributed by atoms with Crippen LogP contribution >= 0.6 is 0 Å². The van der Waals surface area contributed by atoms with Crippen LogP contribution in [0, 0.1) is 23.7 Å². The summed E-state index contributed by atoms with van der Waals surface area (Å²) in [5.74, 6) is -10.3. The Morgan fingerprint density at radius 1 is 0.531 bits per heavy atom. The van der Waals surface area contributed by atoms with Crippen LogP contribution in [0.3, 0.4) is 0 Å². The van der Waals surface area contributed by atoms with E-state index in [4.69, 9.17) is 28.7 Å². The quantitative estimate of drug-likeness (QED) is 0.0341. The van der Waals surface area contributed by atoms with Crippen LogP contribution in [0.4, 0.5) is 0 Å². The molecule has 0 spiro atoms. The van der Waals surface area contributed by atoms with E-state index in [9.17, 15) is 63.0 Å². The molecular formula is C52H98N16O13. The first-order valence-corrected chi connectivity index (χ1v) is 28.3. The standard InChI is InChI=1S/C52H98N16O13/c1-27(2)11-9-10-12-40(71)60-33(13-19-53)49(78)68-42(31(8)70)52(81)65-36(16-22-56)46(75)64-38-18-24-58-51(80)41(30(7)69)67-50(79)37(17-23-57)63-45(74)34(14-20-54)61-43(72)32(29(5)6)26-59-44(73)39(25-28(3)4)66-47(76)35(15-21-55)62-48(38)77/h27-39,41-42,69-70H,9-26,53-57H2,1-8H3,(H,58,80)(H,59,73)(H,60,71)(H,61,72)(H,62,77)(H,63,74)(H,64,75)(H,65,81)(H,66,76)(H,67,79)(H,68,78)/t30?,31-,32+,33-,34?,35?,36?,37?,38?,39?,41+,42+/m1/s1. The monoisotopic (exact) mass is 1150 g/mol. The summed E-state index contributed by atoms with van der Waals surface area (Å²) in [5.41, 5.74) is 29.2. The van der Waals surface area contributed by atoms with Gasteiger partial charge in [-0.05, 0) is 116 Å². The minimum Gasteiger partial charge on any atom is -0.391 e. The second-order valence-corrected chi connectivity index (χ2v) is 21.8. The summed E-state index contributed by atoms with van der Waals surface area (Å²) in [4.78, 5) is 152. The number of amides is 11. The van der Waals surface area contributed by atoms with E-state index in [2.05, 4.69) is 72.3 Å². The highest BCUT2D eigenvalue weighted by molar-refractivity contribution is 5.98. The lowest BCUT2D eigenvalue weighted by atomic mass is 9.93. The molecule has 1 fully saturated rings. The number of nitrogens with one attached hydrogen (secondary N) is 11. The van der Waals surface area contributed by atoms with Gasteiger partial charge in [-0.2, -0.15) is 0 Å². The molecule has 0 aromatic carbocycles. The van der Waals surface area contributed by atoms with E-state index < -0.39 is 156 Å². The Labute approximate surface area is 475 Å². The summed E-state index contributed by atoms with van der Waals surface area (Å²) in [6.07, 6.45) is -1.74.